The zero-order valence-electron chi connectivity index (χ0n) is 19.0. The molecule has 4 rings (SSSR count). The lowest BCUT2D eigenvalue weighted by Crippen LogP contribution is -2.13. The van der Waals surface area contributed by atoms with Gasteiger partial charge in [0.15, 0.2) is 5.16 Å². The zero-order valence-corrected chi connectivity index (χ0v) is 21.4. The molecule has 182 valence electrons. The van der Waals surface area contributed by atoms with Crippen LogP contribution in [-0.2, 0) is 6.61 Å². The van der Waals surface area contributed by atoms with Crippen LogP contribution in [0.2, 0.25) is 0 Å². The van der Waals surface area contributed by atoms with E-state index in [0.29, 0.717) is 39.1 Å². The fourth-order valence-corrected chi connectivity index (χ4v) is 5.15. The van der Waals surface area contributed by atoms with Crippen molar-refractivity contribution in [2.45, 2.75) is 23.9 Å². The Morgan fingerprint density at radius 3 is 2.67 bits per heavy atom. The standard InChI is InChI=1S/C25H19BrFN5O3S/c1-16-29-30-25(32(16)21-9-7-20(27)8-10-21)36-24(14-31(33)34)22-12-19(26)6-11-23(22)35-15-18-5-3-2-4-17(18)13-28/h2-12,24H,14-15H2,1H3/t24-/m1/s1. The number of hydrogen-bond donors (Lipinski definition) is 0. The summed E-state index contributed by atoms with van der Waals surface area (Å²) in [6.07, 6.45) is 0. The van der Waals surface area contributed by atoms with Crippen LogP contribution in [0.25, 0.3) is 5.69 Å². The summed E-state index contributed by atoms with van der Waals surface area (Å²) in [7, 11) is 0. The summed E-state index contributed by atoms with van der Waals surface area (Å²) in [4.78, 5) is 11.3. The molecule has 0 amide bonds. The van der Waals surface area contributed by atoms with Crippen LogP contribution < -0.4 is 4.74 Å². The van der Waals surface area contributed by atoms with Gasteiger partial charge >= 0.3 is 0 Å². The van der Waals surface area contributed by atoms with Crippen molar-refractivity contribution in [2.24, 2.45) is 0 Å². The molecular formula is C25H19BrFN5O3S. The largest absolute Gasteiger partial charge is 0.489 e. The van der Waals surface area contributed by atoms with Gasteiger partial charge in [-0.3, -0.25) is 14.7 Å². The average molecular weight is 568 g/mol. The number of thioether (sulfide) groups is 1. The van der Waals surface area contributed by atoms with Gasteiger partial charge in [0.2, 0.25) is 6.54 Å². The maximum atomic E-state index is 13.5. The lowest BCUT2D eigenvalue weighted by atomic mass is 10.1. The molecule has 0 spiro atoms. The molecule has 8 nitrogen and oxygen atoms in total. The minimum absolute atomic E-state index is 0.124. The quantitative estimate of drug-likeness (QED) is 0.138. The van der Waals surface area contributed by atoms with E-state index in [1.54, 1.807) is 60.0 Å². The molecule has 3 aromatic carbocycles. The lowest BCUT2D eigenvalue weighted by Gasteiger charge is -2.18. The molecule has 0 bridgehead atoms. The fourth-order valence-electron chi connectivity index (χ4n) is 3.58. The SMILES string of the molecule is Cc1nnc(S[C@H](C[N+](=O)[O-])c2cc(Br)ccc2OCc2ccccc2C#N)n1-c1ccc(F)cc1. The number of hydrogen-bond acceptors (Lipinski definition) is 7. The first-order valence-electron chi connectivity index (χ1n) is 10.7. The number of benzene rings is 3. The van der Waals surface area contributed by atoms with Crippen LogP contribution in [0.5, 0.6) is 5.75 Å². The van der Waals surface area contributed by atoms with Crippen molar-refractivity contribution < 1.29 is 14.1 Å². The molecule has 1 aromatic heterocycles. The zero-order chi connectivity index (χ0) is 25.7. The summed E-state index contributed by atoms with van der Waals surface area (Å²) in [6, 6.07) is 20.4. The monoisotopic (exact) mass is 567 g/mol. The van der Waals surface area contributed by atoms with E-state index in [0.717, 1.165) is 4.47 Å². The van der Waals surface area contributed by atoms with E-state index in [9.17, 15) is 19.8 Å². The number of ether oxygens (including phenoxy) is 1. The Balaban J connectivity index is 1.69. The van der Waals surface area contributed by atoms with E-state index in [4.69, 9.17) is 4.74 Å². The van der Waals surface area contributed by atoms with Crippen molar-refractivity contribution in [3.63, 3.8) is 0 Å². The molecule has 1 atom stereocenters. The number of aryl methyl sites for hydroxylation is 1. The normalized spacial score (nSPS) is 11.6. The molecule has 0 radical (unpaired) electrons. The molecule has 0 fully saturated rings. The van der Waals surface area contributed by atoms with Gasteiger partial charge in [-0.15, -0.1) is 10.2 Å². The predicted molar refractivity (Wildman–Crippen MR) is 136 cm³/mol. The third kappa shape index (κ3) is 5.90. The number of halogens is 2. The molecule has 0 N–H and O–H groups in total. The lowest BCUT2D eigenvalue weighted by molar-refractivity contribution is -0.479. The van der Waals surface area contributed by atoms with Gasteiger partial charge in [0.05, 0.1) is 11.6 Å². The molecule has 11 heteroatoms. The van der Waals surface area contributed by atoms with Gasteiger partial charge in [0, 0.05) is 26.2 Å². The highest BCUT2D eigenvalue weighted by Crippen LogP contribution is 2.41. The minimum Gasteiger partial charge on any atom is -0.489 e. The Morgan fingerprint density at radius 2 is 1.94 bits per heavy atom. The van der Waals surface area contributed by atoms with Crippen LogP contribution in [0.1, 0.15) is 27.8 Å². The maximum absolute atomic E-state index is 13.5. The second-order valence-electron chi connectivity index (χ2n) is 7.70. The number of nitro groups is 1. The van der Waals surface area contributed by atoms with Gasteiger partial charge in [-0.2, -0.15) is 5.26 Å². The van der Waals surface area contributed by atoms with E-state index in [-0.39, 0.29) is 12.4 Å². The van der Waals surface area contributed by atoms with Crippen molar-refractivity contribution in [2.75, 3.05) is 6.54 Å². The summed E-state index contributed by atoms with van der Waals surface area (Å²) >= 11 is 4.62. The molecular weight excluding hydrogens is 549 g/mol. The van der Waals surface area contributed by atoms with Gasteiger partial charge in [0.1, 0.15) is 29.2 Å². The Labute approximate surface area is 219 Å². The Morgan fingerprint density at radius 1 is 1.19 bits per heavy atom. The van der Waals surface area contributed by atoms with Crippen LogP contribution in [0, 0.1) is 34.2 Å². The maximum Gasteiger partial charge on any atom is 0.220 e. The Bertz CT molecular complexity index is 1440. The molecule has 0 saturated carbocycles. The molecule has 1 heterocycles. The summed E-state index contributed by atoms with van der Waals surface area (Å²) in [5.74, 6) is 0.636. The summed E-state index contributed by atoms with van der Waals surface area (Å²) in [5.41, 5.74) is 2.43. The molecule has 0 unspecified atom stereocenters. The van der Waals surface area contributed by atoms with E-state index < -0.39 is 16.7 Å². The number of aromatic nitrogens is 3. The van der Waals surface area contributed by atoms with Crippen molar-refractivity contribution in [3.8, 4) is 17.5 Å². The molecule has 0 saturated heterocycles. The van der Waals surface area contributed by atoms with Crippen LogP contribution in [-0.4, -0.2) is 26.2 Å². The molecule has 0 aliphatic rings. The average Bonchev–Trinajstić information content (AvgIpc) is 3.23. The molecule has 0 aliphatic carbocycles. The van der Waals surface area contributed by atoms with Crippen molar-refractivity contribution in [3.05, 3.63) is 110 Å². The van der Waals surface area contributed by atoms with Gasteiger partial charge in [-0.1, -0.05) is 45.9 Å². The third-order valence-corrected chi connectivity index (χ3v) is 6.94. The Hall–Kier alpha value is -3.75. The highest BCUT2D eigenvalue weighted by Gasteiger charge is 2.27. The topological polar surface area (TPSA) is 107 Å². The molecule has 36 heavy (non-hydrogen) atoms. The third-order valence-electron chi connectivity index (χ3n) is 5.28. The second-order valence-corrected chi connectivity index (χ2v) is 9.79. The van der Waals surface area contributed by atoms with E-state index in [1.807, 2.05) is 6.07 Å². The van der Waals surface area contributed by atoms with Gasteiger partial charge < -0.3 is 4.74 Å². The highest BCUT2D eigenvalue weighted by atomic mass is 79.9. The van der Waals surface area contributed by atoms with Gasteiger partial charge in [0.25, 0.3) is 0 Å². The Kier molecular flexibility index (Phi) is 7.97. The number of rotatable bonds is 9. The van der Waals surface area contributed by atoms with Crippen molar-refractivity contribution >= 4 is 27.7 Å². The van der Waals surface area contributed by atoms with Crippen LogP contribution in [0.4, 0.5) is 4.39 Å². The summed E-state index contributed by atoms with van der Waals surface area (Å²) < 4.78 is 22.0. The van der Waals surface area contributed by atoms with Crippen molar-refractivity contribution in [1.29, 1.82) is 5.26 Å². The predicted octanol–water partition coefficient (Wildman–Crippen LogP) is 6.04. The van der Waals surface area contributed by atoms with Crippen LogP contribution in [0.3, 0.4) is 0 Å². The number of nitrogens with zero attached hydrogens (tertiary/aromatic N) is 5. The van der Waals surface area contributed by atoms with Crippen molar-refractivity contribution in [1.82, 2.24) is 14.8 Å². The second kappa shape index (κ2) is 11.3. The first-order chi connectivity index (χ1) is 17.4. The molecule has 4 aromatic rings. The summed E-state index contributed by atoms with van der Waals surface area (Å²) in [6.45, 7) is 1.48. The first kappa shape index (κ1) is 25.3. The van der Waals surface area contributed by atoms with E-state index in [1.165, 1.54) is 23.9 Å². The molecule has 0 aliphatic heterocycles. The van der Waals surface area contributed by atoms with Crippen LogP contribution >= 0.6 is 27.7 Å². The van der Waals surface area contributed by atoms with E-state index in [2.05, 4.69) is 32.2 Å². The van der Waals surface area contributed by atoms with Crippen LogP contribution in [0.15, 0.2) is 76.4 Å². The smallest absolute Gasteiger partial charge is 0.220 e. The minimum atomic E-state index is -0.679. The fraction of sp³-hybridized carbons (Fsp3) is 0.160. The summed E-state index contributed by atoms with van der Waals surface area (Å²) in [5, 5.41) is 29.1. The van der Waals surface area contributed by atoms with Gasteiger partial charge in [-0.25, -0.2) is 4.39 Å². The van der Waals surface area contributed by atoms with E-state index >= 15 is 0 Å². The first-order valence-corrected chi connectivity index (χ1v) is 12.4. The highest BCUT2D eigenvalue weighted by molar-refractivity contribution is 9.10. The van der Waals surface area contributed by atoms with Gasteiger partial charge in [-0.05, 0) is 55.5 Å². The number of nitriles is 1.